The molecule has 17 heavy (non-hydrogen) atoms. The summed E-state index contributed by atoms with van der Waals surface area (Å²) in [6, 6.07) is 5.94. The molecule has 0 unspecified atom stereocenters. The van der Waals surface area contributed by atoms with Crippen LogP contribution in [0.4, 0.5) is 0 Å². The summed E-state index contributed by atoms with van der Waals surface area (Å²) in [5, 5.41) is 0.762. The fraction of sp³-hybridized carbons (Fsp3) is 0.167. The predicted octanol–water partition coefficient (Wildman–Crippen LogP) is 3.81. The zero-order valence-corrected chi connectivity index (χ0v) is 12.3. The molecule has 3 nitrogen and oxygen atoms in total. The van der Waals surface area contributed by atoms with Gasteiger partial charge >= 0.3 is 0 Å². The number of hydrogen-bond acceptors (Lipinski definition) is 3. The third kappa shape index (κ3) is 2.84. The van der Waals surface area contributed by atoms with Crippen LogP contribution in [0.1, 0.15) is 5.56 Å². The van der Waals surface area contributed by atoms with E-state index in [9.17, 15) is 0 Å². The van der Waals surface area contributed by atoms with Crippen LogP contribution in [0.25, 0.3) is 11.4 Å². The van der Waals surface area contributed by atoms with Crippen molar-refractivity contribution in [2.75, 3.05) is 7.11 Å². The van der Waals surface area contributed by atoms with E-state index in [0.29, 0.717) is 5.82 Å². The van der Waals surface area contributed by atoms with E-state index >= 15 is 0 Å². The molecule has 88 valence electrons. The van der Waals surface area contributed by atoms with Crippen molar-refractivity contribution < 1.29 is 4.74 Å². The number of hydrogen-bond donors (Lipinski definition) is 0. The zero-order valence-electron chi connectivity index (χ0n) is 9.15. The van der Waals surface area contributed by atoms with E-state index in [2.05, 4.69) is 41.8 Å². The largest absolute Gasteiger partial charge is 0.496 e. The molecule has 1 aromatic carbocycles. The number of benzene rings is 1. The molecular formula is C12H10Br2N2O. The highest BCUT2D eigenvalue weighted by Crippen LogP contribution is 2.26. The van der Waals surface area contributed by atoms with Gasteiger partial charge in [0, 0.05) is 28.9 Å². The van der Waals surface area contributed by atoms with Crippen LogP contribution in [0.2, 0.25) is 0 Å². The van der Waals surface area contributed by atoms with E-state index < -0.39 is 0 Å². The molecule has 0 saturated carbocycles. The third-order valence-corrected chi connectivity index (χ3v) is 3.32. The summed E-state index contributed by atoms with van der Waals surface area (Å²) >= 11 is 6.74. The Morgan fingerprint density at radius 1 is 1.24 bits per heavy atom. The van der Waals surface area contributed by atoms with Crippen LogP contribution < -0.4 is 4.74 Å². The average molecular weight is 358 g/mol. The van der Waals surface area contributed by atoms with Gasteiger partial charge in [-0.1, -0.05) is 28.1 Å². The lowest BCUT2D eigenvalue weighted by Gasteiger charge is -2.08. The van der Waals surface area contributed by atoms with E-state index in [-0.39, 0.29) is 0 Å². The Hall–Kier alpha value is -0.940. The summed E-state index contributed by atoms with van der Waals surface area (Å²) in [6.07, 6.45) is 3.46. The number of alkyl halides is 1. The van der Waals surface area contributed by atoms with Gasteiger partial charge in [0.1, 0.15) is 5.75 Å². The summed E-state index contributed by atoms with van der Waals surface area (Å²) in [7, 11) is 1.66. The van der Waals surface area contributed by atoms with Crippen LogP contribution in [-0.4, -0.2) is 17.1 Å². The maximum absolute atomic E-state index is 5.33. The first kappa shape index (κ1) is 12.5. The van der Waals surface area contributed by atoms with Gasteiger partial charge < -0.3 is 4.74 Å². The van der Waals surface area contributed by atoms with Gasteiger partial charge in [0.05, 0.1) is 11.6 Å². The second kappa shape index (κ2) is 5.60. The van der Waals surface area contributed by atoms with Gasteiger partial charge in [-0.2, -0.15) is 0 Å². The first-order chi connectivity index (χ1) is 8.24. The molecule has 0 spiro atoms. The molecule has 0 bridgehead atoms. The lowest BCUT2D eigenvalue weighted by Crippen LogP contribution is -1.92. The van der Waals surface area contributed by atoms with Crippen LogP contribution in [0.15, 0.2) is 35.1 Å². The Bertz CT molecular complexity index is 514. The number of ether oxygens (including phenoxy) is 1. The fourth-order valence-electron chi connectivity index (χ4n) is 1.46. The van der Waals surface area contributed by atoms with Crippen LogP contribution in [0.3, 0.4) is 0 Å². The topological polar surface area (TPSA) is 35.0 Å². The molecule has 2 aromatic rings. The maximum Gasteiger partial charge on any atom is 0.159 e. The molecule has 0 aliphatic heterocycles. The van der Waals surface area contributed by atoms with Gasteiger partial charge in [0.15, 0.2) is 5.82 Å². The van der Waals surface area contributed by atoms with Crippen molar-refractivity contribution in [1.29, 1.82) is 0 Å². The number of methoxy groups -OCH3 is 1. The van der Waals surface area contributed by atoms with E-state index in [1.54, 1.807) is 19.5 Å². The van der Waals surface area contributed by atoms with Crippen molar-refractivity contribution in [1.82, 2.24) is 9.97 Å². The smallest absolute Gasteiger partial charge is 0.159 e. The van der Waals surface area contributed by atoms with Crippen molar-refractivity contribution in [3.63, 3.8) is 0 Å². The van der Waals surface area contributed by atoms with Crippen LogP contribution in [-0.2, 0) is 5.33 Å². The lowest BCUT2D eigenvalue weighted by atomic mass is 10.1. The first-order valence-corrected chi connectivity index (χ1v) is 6.87. The predicted molar refractivity (Wildman–Crippen MR) is 74.4 cm³/mol. The highest BCUT2D eigenvalue weighted by molar-refractivity contribution is 9.10. The van der Waals surface area contributed by atoms with Gasteiger partial charge in [0.2, 0.25) is 0 Å². The molecule has 0 atom stereocenters. The molecule has 0 saturated heterocycles. The number of nitrogens with zero attached hydrogens (tertiary/aromatic N) is 2. The van der Waals surface area contributed by atoms with Crippen LogP contribution in [0, 0.1) is 0 Å². The van der Waals surface area contributed by atoms with Crippen molar-refractivity contribution in [2.45, 2.75) is 5.33 Å². The molecule has 0 aliphatic rings. The summed E-state index contributed by atoms with van der Waals surface area (Å²) in [6.45, 7) is 0. The number of aromatic nitrogens is 2. The Kier molecular flexibility index (Phi) is 4.12. The molecule has 1 aromatic heterocycles. The van der Waals surface area contributed by atoms with E-state index in [0.717, 1.165) is 26.7 Å². The summed E-state index contributed by atoms with van der Waals surface area (Å²) in [5.41, 5.74) is 2.05. The highest BCUT2D eigenvalue weighted by Gasteiger charge is 2.06. The van der Waals surface area contributed by atoms with E-state index in [1.807, 2.05) is 18.2 Å². The summed E-state index contributed by atoms with van der Waals surface area (Å²) in [5.74, 6) is 1.53. The van der Waals surface area contributed by atoms with Crippen molar-refractivity contribution >= 4 is 31.9 Å². The van der Waals surface area contributed by atoms with Gasteiger partial charge in [-0.3, -0.25) is 0 Å². The Labute approximate surface area is 117 Å². The lowest BCUT2D eigenvalue weighted by molar-refractivity contribution is 0.411. The molecule has 0 amide bonds. The van der Waals surface area contributed by atoms with Gasteiger partial charge in [-0.15, -0.1) is 0 Å². The summed E-state index contributed by atoms with van der Waals surface area (Å²) in [4.78, 5) is 8.51. The molecule has 0 aliphatic carbocycles. The molecule has 0 radical (unpaired) electrons. The molecule has 2 rings (SSSR count). The first-order valence-electron chi connectivity index (χ1n) is 4.95. The average Bonchev–Trinajstić information content (AvgIpc) is 2.39. The second-order valence-electron chi connectivity index (χ2n) is 3.39. The Morgan fingerprint density at radius 3 is 2.53 bits per heavy atom. The maximum atomic E-state index is 5.33. The minimum Gasteiger partial charge on any atom is -0.496 e. The van der Waals surface area contributed by atoms with Crippen LogP contribution >= 0.6 is 31.9 Å². The van der Waals surface area contributed by atoms with Crippen molar-refractivity contribution in [3.05, 3.63) is 40.6 Å². The van der Waals surface area contributed by atoms with Gasteiger partial charge in [-0.25, -0.2) is 9.97 Å². The van der Waals surface area contributed by atoms with Crippen molar-refractivity contribution in [2.24, 2.45) is 0 Å². The Balaban J connectivity index is 2.42. The molecule has 0 N–H and O–H groups in total. The van der Waals surface area contributed by atoms with E-state index in [1.165, 1.54) is 0 Å². The molecule has 5 heteroatoms. The number of halogens is 2. The molecule has 0 fully saturated rings. The normalized spacial score (nSPS) is 10.3. The summed E-state index contributed by atoms with van der Waals surface area (Å²) < 4.78 is 6.19. The number of rotatable bonds is 3. The third-order valence-electron chi connectivity index (χ3n) is 2.31. The minimum absolute atomic E-state index is 0.688. The van der Waals surface area contributed by atoms with Gasteiger partial charge in [0.25, 0.3) is 0 Å². The molecular weight excluding hydrogens is 348 g/mol. The van der Waals surface area contributed by atoms with Gasteiger partial charge in [-0.05, 0) is 22.0 Å². The van der Waals surface area contributed by atoms with Crippen molar-refractivity contribution in [3.8, 4) is 17.1 Å². The Morgan fingerprint density at radius 2 is 1.94 bits per heavy atom. The monoisotopic (exact) mass is 356 g/mol. The highest BCUT2D eigenvalue weighted by atomic mass is 79.9. The minimum atomic E-state index is 0.688. The SMILES string of the molecule is COc1cc(-c2ncc(Br)cn2)ccc1CBr. The second-order valence-corrected chi connectivity index (χ2v) is 4.86. The standard InChI is InChI=1S/C12H10Br2N2O/c1-17-11-4-8(2-3-9(11)5-13)12-15-6-10(14)7-16-12/h2-4,6-7H,5H2,1H3. The van der Waals surface area contributed by atoms with E-state index in [4.69, 9.17) is 4.74 Å². The quantitative estimate of drug-likeness (QED) is 0.783. The molecule has 1 heterocycles. The zero-order chi connectivity index (χ0) is 12.3. The van der Waals surface area contributed by atoms with Crippen LogP contribution in [0.5, 0.6) is 5.75 Å². The fourth-order valence-corrected chi connectivity index (χ4v) is 2.12.